The standard InChI is InChI=1S/C18H34O4/c1-2-3-4-5-6-7-8-9-10-11-12-13-16-22-18(21)15-14-17(19)20/h2-16H2,1H3,(H,19,20)/p-1. The van der Waals surface area contributed by atoms with Gasteiger partial charge in [-0.2, -0.15) is 0 Å². The van der Waals surface area contributed by atoms with Gasteiger partial charge in [0.25, 0.3) is 0 Å². The van der Waals surface area contributed by atoms with Crippen LogP contribution >= 0.6 is 0 Å². The Morgan fingerprint density at radius 1 is 0.727 bits per heavy atom. The fourth-order valence-corrected chi connectivity index (χ4v) is 2.41. The molecule has 0 aliphatic heterocycles. The number of ether oxygens (including phenoxy) is 1. The highest BCUT2D eigenvalue weighted by molar-refractivity contribution is 5.75. The molecule has 0 aromatic heterocycles. The van der Waals surface area contributed by atoms with Crippen LogP contribution in [0.2, 0.25) is 0 Å². The quantitative estimate of drug-likeness (QED) is 0.321. The molecule has 0 atom stereocenters. The molecule has 0 saturated carbocycles. The Labute approximate surface area is 135 Å². The summed E-state index contributed by atoms with van der Waals surface area (Å²) in [5.41, 5.74) is 0. The van der Waals surface area contributed by atoms with E-state index in [1.54, 1.807) is 0 Å². The van der Waals surface area contributed by atoms with E-state index in [9.17, 15) is 14.7 Å². The largest absolute Gasteiger partial charge is 0.550 e. The van der Waals surface area contributed by atoms with Crippen LogP contribution in [0.4, 0.5) is 0 Å². The van der Waals surface area contributed by atoms with Crippen molar-refractivity contribution in [1.82, 2.24) is 0 Å². The predicted molar refractivity (Wildman–Crippen MR) is 86.3 cm³/mol. The zero-order chi connectivity index (χ0) is 16.5. The molecule has 0 spiro atoms. The fraction of sp³-hybridized carbons (Fsp3) is 0.889. The predicted octanol–water partition coefficient (Wildman–Crippen LogP) is 3.76. The van der Waals surface area contributed by atoms with Gasteiger partial charge in [-0.05, 0) is 12.8 Å². The van der Waals surface area contributed by atoms with Crippen LogP contribution in [0.15, 0.2) is 0 Å². The van der Waals surface area contributed by atoms with Crippen LogP contribution in [-0.4, -0.2) is 18.5 Å². The highest BCUT2D eigenvalue weighted by Crippen LogP contribution is 2.11. The first-order valence-electron chi connectivity index (χ1n) is 9.02. The third-order valence-electron chi connectivity index (χ3n) is 3.79. The minimum atomic E-state index is -1.21. The first kappa shape index (κ1) is 20.9. The van der Waals surface area contributed by atoms with Crippen LogP contribution in [0.1, 0.15) is 96.8 Å². The van der Waals surface area contributed by atoms with Crippen molar-refractivity contribution in [2.75, 3.05) is 6.61 Å². The van der Waals surface area contributed by atoms with Gasteiger partial charge < -0.3 is 14.6 Å². The lowest BCUT2D eigenvalue weighted by Gasteiger charge is -2.05. The Balaban J connectivity index is 3.11. The molecule has 130 valence electrons. The van der Waals surface area contributed by atoms with Crippen LogP contribution in [-0.2, 0) is 14.3 Å². The first-order valence-corrected chi connectivity index (χ1v) is 9.02. The van der Waals surface area contributed by atoms with Crippen LogP contribution in [0, 0.1) is 0 Å². The summed E-state index contributed by atoms with van der Waals surface area (Å²) < 4.78 is 4.95. The van der Waals surface area contributed by atoms with Crippen LogP contribution in [0.3, 0.4) is 0 Å². The summed E-state index contributed by atoms with van der Waals surface area (Å²) in [7, 11) is 0. The molecule has 0 amide bonds. The molecule has 0 fully saturated rings. The first-order chi connectivity index (χ1) is 10.7. The van der Waals surface area contributed by atoms with Crippen molar-refractivity contribution in [1.29, 1.82) is 0 Å². The van der Waals surface area contributed by atoms with Crippen molar-refractivity contribution < 1.29 is 19.4 Å². The molecule has 0 rings (SSSR count). The monoisotopic (exact) mass is 313 g/mol. The highest BCUT2D eigenvalue weighted by atomic mass is 16.5. The van der Waals surface area contributed by atoms with Crippen molar-refractivity contribution >= 4 is 11.9 Å². The maximum Gasteiger partial charge on any atom is 0.306 e. The van der Waals surface area contributed by atoms with E-state index in [0.29, 0.717) is 6.61 Å². The summed E-state index contributed by atoms with van der Waals surface area (Å²) in [5, 5.41) is 10.2. The molecule has 22 heavy (non-hydrogen) atoms. The van der Waals surface area contributed by atoms with E-state index in [2.05, 4.69) is 6.92 Å². The van der Waals surface area contributed by atoms with Gasteiger partial charge in [0.1, 0.15) is 0 Å². The number of rotatable bonds is 16. The number of hydrogen-bond acceptors (Lipinski definition) is 4. The van der Waals surface area contributed by atoms with Gasteiger partial charge in [-0.25, -0.2) is 0 Å². The maximum absolute atomic E-state index is 11.1. The number of esters is 1. The van der Waals surface area contributed by atoms with Crippen LogP contribution in [0.25, 0.3) is 0 Å². The zero-order valence-electron chi connectivity index (χ0n) is 14.2. The van der Waals surface area contributed by atoms with Crippen molar-refractivity contribution in [2.24, 2.45) is 0 Å². The van der Waals surface area contributed by atoms with Gasteiger partial charge in [0, 0.05) is 5.97 Å². The third kappa shape index (κ3) is 17.0. The second-order valence-electron chi connectivity index (χ2n) is 5.98. The van der Waals surface area contributed by atoms with Gasteiger partial charge in [-0.1, -0.05) is 77.6 Å². The Morgan fingerprint density at radius 3 is 1.64 bits per heavy atom. The topological polar surface area (TPSA) is 66.4 Å². The third-order valence-corrected chi connectivity index (χ3v) is 3.79. The van der Waals surface area contributed by atoms with Crippen molar-refractivity contribution in [3.05, 3.63) is 0 Å². The smallest absolute Gasteiger partial charge is 0.306 e. The maximum atomic E-state index is 11.1. The van der Waals surface area contributed by atoms with Crippen molar-refractivity contribution in [2.45, 2.75) is 96.8 Å². The van der Waals surface area contributed by atoms with Gasteiger partial charge in [-0.3, -0.25) is 4.79 Å². The average Bonchev–Trinajstić information content (AvgIpc) is 2.49. The van der Waals surface area contributed by atoms with Crippen molar-refractivity contribution in [3.63, 3.8) is 0 Å². The van der Waals surface area contributed by atoms with E-state index < -0.39 is 11.9 Å². The zero-order valence-corrected chi connectivity index (χ0v) is 14.2. The van der Waals surface area contributed by atoms with E-state index in [1.165, 1.54) is 64.2 Å². The molecule has 0 saturated heterocycles. The number of unbranched alkanes of at least 4 members (excludes halogenated alkanes) is 11. The SMILES string of the molecule is CCCCCCCCCCCCCCOC(=O)CCC(=O)[O-]. The number of carboxylic acid groups (broad SMARTS) is 1. The Morgan fingerprint density at radius 2 is 1.18 bits per heavy atom. The molecular formula is C18H33O4-. The summed E-state index contributed by atoms with van der Waals surface area (Å²) >= 11 is 0. The Bertz CT molecular complexity index is 276. The molecule has 0 heterocycles. The molecule has 4 heteroatoms. The molecule has 0 unspecified atom stereocenters. The minimum absolute atomic E-state index is 0.0827. The lowest BCUT2D eigenvalue weighted by Crippen LogP contribution is -2.23. The normalized spacial score (nSPS) is 10.6. The number of carboxylic acids is 1. The van der Waals surface area contributed by atoms with Crippen LogP contribution in [0.5, 0.6) is 0 Å². The Hall–Kier alpha value is -1.06. The molecule has 0 aliphatic carbocycles. The van der Waals surface area contributed by atoms with Gasteiger partial charge in [0.15, 0.2) is 0 Å². The molecule has 0 aromatic rings. The van der Waals surface area contributed by atoms with E-state index in [1.807, 2.05) is 0 Å². The van der Waals surface area contributed by atoms with Gasteiger partial charge >= 0.3 is 5.97 Å². The minimum Gasteiger partial charge on any atom is -0.550 e. The molecule has 0 aliphatic rings. The van der Waals surface area contributed by atoms with E-state index in [4.69, 9.17) is 4.74 Å². The number of carbonyl (C=O) groups is 2. The van der Waals surface area contributed by atoms with Gasteiger partial charge in [0.2, 0.25) is 0 Å². The number of hydrogen-bond donors (Lipinski definition) is 0. The van der Waals surface area contributed by atoms with Crippen LogP contribution < -0.4 is 5.11 Å². The second-order valence-corrected chi connectivity index (χ2v) is 5.98. The second kappa shape index (κ2) is 16.3. The molecule has 4 nitrogen and oxygen atoms in total. The Kier molecular flexibility index (Phi) is 15.5. The average molecular weight is 313 g/mol. The lowest BCUT2D eigenvalue weighted by molar-refractivity contribution is -0.305. The summed E-state index contributed by atoms with van der Waals surface area (Å²) in [4.78, 5) is 21.3. The van der Waals surface area contributed by atoms with E-state index >= 15 is 0 Å². The van der Waals surface area contributed by atoms with Gasteiger partial charge in [-0.15, -0.1) is 0 Å². The fourth-order valence-electron chi connectivity index (χ4n) is 2.41. The summed E-state index contributed by atoms with van der Waals surface area (Å²) in [5.74, 6) is -1.64. The lowest BCUT2D eigenvalue weighted by atomic mass is 10.1. The van der Waals surface area contributed by atoms with E-state index in [-0.39, 0.29) is 12.8 Å². The summed E-state index contributed by atoms with van der Waals surface area (Å²) in [6.45, 7) is 2.65. The molecular weight excluding hydrogens is 280 g/mol. The number of carbonyl (C=O) groups excluding carboxylic acids is 2. The number of aliphatic carboxylic acids is 1. The van der Waals surface area contributed by atoms with Crippen molar-refractivity contribution in [3.8, 4) is 0 Å². The molecule has 0 N–H and O–H groups in total. The summed E-state index contributed by atoms with van der Waals surface area (Å²) in [6.07, 6.45) is 14.9. The molecule has 0 bridgehead atoms. The van der Waals surface area contributed by atoms with E-state index in [0.717, 1.165) is 12.8 Å². The van der Waals surface area contributed by atoms with Gasteiger partial charge in [0.05, 0.1) is 13.0 Å². The highest BCUT2D eigenvalue weighted by Gasteiger charge is 2.02. The summed E-state index contributed by atoms with van der Waals surface area (Å²) in [6, 6.07) is 0. The molecule has 0 radical (unpaired) electrons. The molecule has 0 aromatic carbocycles.